The van der Waals surface area contributed by atoms with E-state index >= 15 is 0 Å². The van der Waals surface area contributed by atoms with Crippen molar-refractivity contribution in [3.8, 4) is 5.75 Å². The summed E-state index contributed by atoms with van der Waals surface area (Å²) in [6.07, 6.45) is 5.42. The Balaban J connectivity index is 1.99. The van der Waals surface area contributed by atoms with Crippen LogP contribution in [0.5, 0.6) is 5.75 Å². The molecule has 1 aromatic rings. The number of hydrogen-bond acceptors (Lipinski definition) is 2. The Morgan fingerprint density at radius 2 is 1.81 bits per heavy atom. The molecule has 1 N–H and O–H groups in total. The summed E-state index contributed by atoms with van der Waals surface area (Å²) in [5, 5.41) is 9.48. The van der Waals surface area contributed by atoms with Gasteiger partial charge in [0, 0.05) is 6.54 Å². The average molecular weight is 219 g/mol. The Morgan fingerprint density at radius 3 is 2.44 bits per heavy atom. The molecule has 1 heterocycles. The Hall–Kier alpha value is -1.02. The van der Waals surface area contributed by atoms with Crippen LogP contribution in [0.4, 0.5) is 0 Å². The van der Waals surface area contributed by atoms with E-state index in [4.69, 9.17) is 0 Å². The Labute approximate surface area is 97.9 Å². The van der Waals surface area contributed by atoms with Crippen molar-refractivity contribution in [1.29, 1.82) is 0 Å². The predicted octanol–water partition coefficient (Wildman–Crippen LogP) is 3.08. The molecule has 0 aromatic heterocycles. The zero-order valence-electron chi connectivity index (χ0n) is 10.1. The highest BCUT2D eigenvalue weighted by Crippen LogP contribution is 2.19. The summed E-state index contributed by atoms with van der Waals surface area (Å²) in [5.74, 6) is 0.402. The van der Waals surface area contributed by atoms with E-state index in [0.29, 0.717) is 5.75 Å². The minimum Gasteiger partial charge on any atom is -0.508 e. The van der Waals surface area contributed by atoms with Crippen LogP contribution in [0.2, 0.25) is 0 Å². The van der Waals surface area contributed by atoms with Gasteiger partial charge in [0.1, 0.15) is 5.75 Å². The van der Waals surface area contributed by atoms with Crippen molar-refractivity contribution in [2.75, 3.05) is 13.1 Å². The lowest BCUT2D eigenvalue weighted by atomic mass is 10.1. The third-order valence-electron chi connectivity index (χ3n) is 3.37. The molecule has 0 unspecified atom stereocenters. The molecule has 1 aliphatic rings. The molecule has 0 saturated carbocycles. The van der Waals surface area contributed by atoms with Gasteiger partial charge in [-0.2, -0.15) is 0 Å². The normalized spacial score (nSPS) is 18.3. The first-order valence-electron chi connectivity index (χ1n) is 6.26. The average Bonchev–Trinajstić information content (AvgIpc) is 2.52. The van der Waals surface area contributed by atoms with Crippen molar-refractivity contribution in [1.82, 2.24) is 4.90 Å². The summed E-state index contributed by atoms with van der Waals surface area (Å²) in [7, 11) is 0. The zero-order valence-corrected chi connectivity index (χ0v) is 10.1. The summed E-state index contributed by atoms with van der Waals surface area (Å²) in [6.45, 7) is 5.43. The van der Waals surface area contributed by atoms with Gasteiger partial charge in [-0.15, -0.1) is 0 Å². The maximum atomic E-state index is 9.48. The van der Waals surface area contributed by atoms with Gasteiger partial charge >= 0.3 is 0 Å². The van der Waals surface area contributed by atoms with E-state index in [-0.39, 0.29) is 0 Å². The molecule has 0 bridgehead atoms. The molecule has 2 nitrogen and oxygen atoms in total. The van der Waals surface area contributed by atoms with Crippen molar-refractivity contribution in [3.05, 3.63) is 29.3 Å². The van der Waals surface area contributed by atoms with Gasteiger partial charge in [-0.3, -0.25) is 4.90 Å². The molecule has 1 aliphatic heterocycles. The van der Waals surface area contributed by atoms with Crippen molar-refractivity contribution in [2.45, 2.75) is 39.2 Å². The summed E-state index contributed by atoms with van der Waals surface area (Å²) in [4.78, 5) is 2.53. The van der Waals surface area contributed by atoms with Crippen LogP contribution < -0.4 is 0 Å². The first-order chi connectivity index (χ1) is 7.75. The van der Waals surface area contributed by atoms with Gasteiger partial charge in [0.05, 0.1) is 0 Å². The topological polar surface area (TPSA) is 23.5 Å². The largest absolute Gasteiger partial charge is 0.508 e. The highest BCUT2D eigenvalue weighted by molar-refractivity contribution is 5.34. The first-order valence-corrected chi connectivity index (χ1v) is 6.26. The van der Waals surface area contributed by atoms with E-state index in [1.807, 2.05) is 19.1 Å². The number of aryl methyl sites for hydroxylation is 1. The number of phenolic OH excluding ortho intramolecular Hbond substituents is 1. The number of hydrogen-bond donors (Lipinski definition) is 1. The minimum atomic E-state index is 0.402. The molecule has 0 amide bonds. The Kier molecular flexibility index (Phi) is 3.83. The monoisotopic (exact) mass is 219 g/mol. The van der Waals surface area contributed by atoms with E-state index in [9.17, 15) is 5.11 Å². The maximum Gasteiger partial charge on any atom is 0.118 e. The summed E-state index contributed by atoms with van der Waals surface area (Å²) < 4.78 is 0. The van der Waals surface area contributed by atoms with Crippen LogP contribution in [-0.2, 0) is 6.54 Å². The number of benzene rings is 1. The highest BCUT2D eigenvalue weighted by Gasteiger charge is 2.09. The van der Waals surface area contributed by atoms with Crippen LogP contribution in [-0.4, -0.2) is 23.1 Å². The second kappa shape index (κ2) is 5.35. The summed E-state index contributed by atoms with van der Waals surface area (Å²) >= 11 is 0. The second-order valence-electron chi connectivity index (χ2n) is 4.81. The number of likely N-dealkylation sites (tertiary alicyclic amines) is 1. The minimum absolute atomic E-state index is 0.402. The molecule has 1 fully saturated rings. The highest BCUT2D eigenvalue weighted by atomic mass is 16.3. The van der Waals surface area contributed by atoms with Crippen LogP contribution in [0.15, 0.2) is 18.2 Å². The van der Waals surface area contributed by atoms with Crippen LogP contribution in [0.25, 0.3) is 0 Å². The number of aromatic hydroxyl groups is 1. The lowest BCUT2D eigenvalue weighted by molar-refractivity contribution is 0.277. The lowest BCUT2D eigenvalue weighted by Gasteiger charge is -2.20. The zero-order chi connectivity index (χ0) is 11.4. The molecule has 1 saturated heterocycles. The van der Waals surface area contributed by atoms with Crippen LogP contribution in [0.3, 0.4) is 0 Å². The van der Waals surface area contributed by atoms with Crippen LogP contribution in [0.1, 0.15) is 36.8 Å². The summed E-state index contributed by atoms with van der Waals surface area (Å²) in [6, 6.07) is 5.94. The van der Waals surface area contributed by atoms with E-state index in [0.717, 1.165) is 12.1 Å². The molecular formula is C14H21NO. The first kappa shape index (κ1) is 11.5. The van der Waals surface area contributed by atoms with E-state index in [1.165, 1.54) is 44.3 Å². The van der Waals surface area contributed by atoms with Gasteiger partial charge in [-0.1, -0.05) is 25.0 Å². The molecule has 0 spiro atoms. The van der Waals surface area contributed by atoms with Crippen molar-refractivity contribution in [2.24, 2.45) is 0 Å². The molecule has 2 rings (SSSR count). The number of phenols is 1. The molecule has 16 heavy (non-hydrogen) atoms. The van der Waals surface area contributed by atoms with Gasteiger partial charge < -0.3 is 5.11 Å². The van der Waals surface area contributed by atoms with E-state index in [1.54, 1.807) is 0 Å². The quantitative estimate of drug-likeness (QED) is 0.826. The molecule has 2 heteroatoms. The number of rotatable bonds is 2. The Morgan fingerprint density at radius 1 is 1.12 bits per heavy atom. The number of nitrogens with zero attached hydrogens (tertiary/aromatic N) is 1. The standard InChI is InChI=1S/C14H21NO/c1-12-10-13(6-7-14(12)16)11-15-8-4-2-3-5-9-15/h6-7,10,16H,2-5,8-9,11H2,1H3. The Bertz CT molecular complexity index is 341. The van der Waals surface area contributed by atoms with Crippen molar-refractivity contribution < 1.29 is 5.11 Å². The van der Waals surface area contributed by atoms with E-state index < -0.39 is 0 Å². The molecule has 88 valence electrons. The van der Waals surface area contributed by atoms with Gasteiger partial charge in [0.25, 0.3) is 0 Å². The third kappa shape index (κ3) is 2.99. The van der Waals surface area contributed by atoms with Crippen molar-refractivity contribution in [3.63, 3.8) is 0 Å². The predicted molar refractivity (Wildman–Crippen MR) is 66.6 cm³/mol. The van der Waals surface area contributed by atoms with Crippen molar-refractivity contribution >= 4 is 0 Å². The SMILES string of the molecule is Cc1cc(CN2CCCCCC2)ccc1O. The maximum absolute atomic E-state index is 9.48. The smallest absolute Gasteiger partial charge is 0.118 e. The third-order valence-corrected chi connectivity index (χ3v) is 3.37. The molecule has 1 aromatic carbocycles. The molecular weight excluding hydrogens is 198 g/mol. The fourth-order valence-electron chi connectivity index (χ4n) is 2.37. The van der Waals surface area contributed by atoms with Gasteiger partial charge in [-0.25, -0.2) is 0 Å². The summed E-state index contributed by atoms with van der Waals surface area (Å²) in [5.41, 5.74) is 2.30. The lowest BCUT2D eigenvalue weighted by Crippen LogP contribution is -2.23. The molecule has 0 atom stereocenters. The fourth-order valence-corrected chi connectivity index (χ4v) is 2.37. The van der Waals surface area contributed by atoms with Crippen LogP contribution in [0, 0.1) is 6.92 Å². The molecule has 0 aliphatic carbocycles. The van der Waals surface area contributed by atoms with Gasteiger partial charge in [0.15, 0.2) is 0 Å². The molecule has 0 radical (unpaired) electrons. The second-order valence-corrected chi connectivity index (χ2v) is 4.81. The van der Waals surface area contributed by atoms with Crippen LogP contribution >= 0.6 is 0 Å². The van der Waals surface area contributed by atoms with E-state index in [2.05, 4.69) is 11.0 Å². The van der Waals surface area contributed by atoms with Gasteiger partial charge in [0.2, 0.25) is 0 Å². The van der Waals surface area contributed by atoms with Gasteiger partial charge in [-0.05, 0) is 50.0 Å². The fraction of sp³-hybridized carbons (Fsp3) is 0.571.